The number of amides is 1. The number of hydrogen-bond donors (Lipinski definition) is 1. The average Bonchev–Trinajstić information content (AvgIpc) is 3.08. The van der Waals surface area contributed by atoms with E-state index in [0.717, 1.165) is 24.1 Å². The van der Waals surface area contributed by atoms with Crippen LogP contribution in [0, 0.1) is 0 Å². The number of carbonyl (C=O) groups excluding carboxylic acids is 3. The van der Waals surface area contributed by atoms with Gasteiger partial charge in [0.15, 0.2) is 5.78 Å². The molecule has 7 nitrogen and oxygen atoms in total. The molecule has 0 radical (unpaired) electrons. The van der Waals surface area contributed by atoms with E-state index in [1.54, 1.807) is 30.3 Å². The van der Waals surface area contributed by atoms with E-state index in [2.05, 4.69) is 12.2 Å². The number of nitrogens with zero attached hydrogens (tertiary/aromatic N) is 1. The normalized spacial score (nSPS) is 11.3. The third-order valence-electron chi connectivity index (χ3n) is 7.29. The molecule has 0 spiro atoms. The topological polar surface area (TPSA) is 84.9 Å². The predicted octanol–water partition coefficient (Wildman–Crippen LogP) is 7.11. The van der Waals surface area contributed by atoms with Crippen LogP contribution >= 0.6 is 0 Å². The monoisotopic (exact) mass is 592 g/mol. The van der Waals surface area contributed by atoms with Gasteiger partial charge in [-0.2, -0.15) is 0 Å². The van der Waals surface area contributed by atoms with E-state index in [-0.39, 0.29) is 11.7 Å². The Kier molecular flexibility index (Phi) is 12.1. The largest absolute Gasteiger partial charge is 0.494 e. The smallest absolute Gasteiger partial charge is 0.328 e. The quantitative estimate of drug-likeness (QED) is 0.0848. The van der Waals surface area contributed by atoms with Gasteiger partial charge in [0.05, 0.1) is 13.7 Å². The van der Waals surface area contributed by atoms with Gasteiger partial charge in [0.25, 0.3) is 0 Å². The Hall–Kier alpha value is -4.91. The summed E-state index contributed by atoms with van der Waals surface area (Å²) >= 11 is 0. The van der Waals surface area contributed by atoms with Gasteiger partial charge in [0.1, 0.15) is 11.8 Å². The number of esters is 1. The summed E-state index contributed by atoms with van der Waals surface area (Å²) in [6, 6.07) is 32.8. The molecule has 0 saturated carbocycles. The molecule has 0 saturated heterocycles. The lowest BCUT2D eigenvalue weighted by Crippen LogP contribution is -2.33. The number of ether oxygens (including phenoxy) is 2. The van der Waals surface area contributed by atoms with E-state index in [1.807, 2.05) is 83.8 Å². The highest BCUT2D eigenvalue weighted by atomic mass is 16.5. The summed E-state index contributed by atoms with van der Waals surface area (Å²) in [7, 11) is 1.35. The highest BCUT2D eigenvalue weighted by Gasteiger charge is 2.23. The van der Waals surface area contributed by atoms with Crippen LogP contribution in [0.2, 0.25) is 0 Å². The molecule has 7 heteroatoms. The summed E-state index contributed by atoms with van der Waals surface area (Å²) in [4.78, 5) is 40.6. The Morgan fingerprint density at radius 3 is 2.14 bits per heavy atom. The summed E-state index contributed by atoms with van der Waals surface area (Å²) in [6.45, 7) is 3.12. The minimum absolute atomic E-state index is 0.128. The molecule has 1 amide bonds. The van der Waals surface area contributed by atoms with E-state index >= 15 is 0 Å². The fourth-order valence-corrected chi connectivity index (χ4v) is 4.91. The van der Waals surface area contributed by atoms with Gasteiger partial charge in [-0.3, -0.25) is 9.59 Å². The lowest BCUT2D eigenvalue weighted by atomic mass is 10.00. The summed E-state index contributed by atoms with van der Waals surface area (Å²) in [5.74, 6) is 0.279. The SMILES string of the molecule is CCCCC(=O)N(CCCOc1ccc(CC(Nc2ccccc2C(=O)c2ccccc2)C(=O)OC)cc1)c1ccccc1. The van der Waals surface area contributed by atoms with Crippen LogP contribution in [0.15, 0.2) is 109 Å². The van der Waals surface area contributed by atoms with Crippen LogP contribution in [0.4, 0.5) is 11.4 Å². The van der Waals surface area contributed by atoms with Gasteiger partial charge in [-0.1, -0.05) is 86.1 Å². The van der Waals surface area contributed by atoms with Gasteiger partial charge in [0, 0.05) is 41.9 Å². The second-order valence-corrected chi connectivity index (χ2v) is 10.5. The molecule has 4 rings (SSSR count). The minimum Gasteiger partial charge on any atom is -0.494 e. The zero-order valence-electron chi connectivity index (χ0n) is 25.4. The van der Waals surface area contributed by atoms with Crippen LogP contribution in [0.25, 0.3) is 0 Å². The number of methoxy groups -OCH3 is 1. The molecule has 4 aromatic rings. The maximum absolute atomic E-state index is 13.2. The van der Waals surface area contributed by atoms with E-state index in [1.165, 1.54) is 7.11 Å². The fourth-order valence-electron chi connectivity index (χ4n) is 4.91. The number of para-hydroxylation sites is 2. The Balaban J connectivity index is 1.35. The van der Waals surface area contributed by atoms with Crippen molar-refractivity contribution in [1.82, 2.24) is 0 Å². The van der Waals surface area contributed by atoms with Crippen LogP contribution < -0.4 is 15.0 Å². The number of carbonyl (C=O) groups is 3. The van der Waals surface area contributed by atoms with E-state index in [0.29, 0.717) is 55.0 Å². The molecule has 4 aromatic carbocycles. The van der Waals surface area contributed by atoms with Crippen molar-refractivity contribution in [3.63, 3.8) is 0 Å². The molecule has 44 heavy (non-hydrogen) atoms. The molecular formula is C37H40N2O5. The second-order valence-electron chi connectivity index (χ2n) is 10.5. The summed E-state index contributed by atoms with van der Waals surface area (Å²) in [6.07, 6.45) is 3.42. The van der Waals surface area contributed by atoms with Crippen molar-refractivity contribution in [2.24, 2.45) is 0 Å². The van der Waals surface area contributed by atoms with Gasteiger partial charge in [0.2, 0.25) is 5.91 Å². The van der Waals surface area contributed by atoms with Crippen molar-refractivity contribution in [3.05, 3.63) is 126 Å². The number of nitrogens with one attached hydrogen (secondary N) is 1. The fraction of sp³-hybridized carbons (Fsp3) is 0.270. The zero-order valence-corrected chi connectivity index (χ0v) is 25.4. The number of hydrogen-bond acceptors (Lipinski definition) is 6. The Bertz CT molecular complexity index is 1490. The minimum atomic E-state index is -0.703. The maximum atomic E-state index is 13.2. The van der Waals surface area contributed by atoms with Crippen molar-refractivity contribution >= 4 is 29.0 Å². The Morgan fingerprint density at radius 2 is 1.45 bits per heavy atom. The summed E-state index contributed by atoms with van der Waals surface area (Å²) in [5.41, 5.74) is 3.43. The van der Waals surface area contributed by atoms with Crippen LogP contribution in [0.5, 0.6) is 5.75 Å². The van der Waals surface area contributed by atoms with Gasteiger partial charge in [-0.15, -0.1) is 0 Å². The third kappa shape index (κ3) is 9.04. The van der Waals surface area contributed by atoms with E-state index in [4.69, 9.17) is 9.47 Å². The van der Waals surface area contributed by atoms with Crippen molar-refractivity contribution in [2.75, 3.05) is 30.5 Å². The zero-order chi connectivity index (χ0) is 31.1. The highest BCUT2D eigenvalue weighted by molar-refractivity contribution is 6.12. The third-order valence-corrected chi connectivity index (χ3v) is 7.29. The second kappa shape index (κ2) is 16.7. The van der Waals surface area contributed by atoms with Crippen LogP contribution in [-0.2, 0) is 20.7 Å². The average molecular weight is 593 g/mol. The number of unbranched alkanes of at least 4 members (excludes halogenated alkanes) is 1. The highest BCUT2D eigenvalue weighted by Crippen LogP contribution is 2.23. The molecule has 1 unspecified atom stereocenters. The summed E-state index contributed by atoms with van der Waals surface area (Å²) < 4.78 is 11.1. The van der Waals surface area contributed by atoms with Crippen LogP contribution in [0.1, 0.15) is 54.1 Å². The lowest BCUT2D eigenvalue weighted by molar-refractivity contribution is -0.141. The van der Waals surface area contributed by atoms with E-state index in [9.17, 15) is 14.4 Å². The number of anilines is 2. The van der Waals surface area contributed by atoms with Gasteiger partial charge < -0.3 is 19.7 Å². The number of benzene rings is 4. The first kappa shape index (κ1) is 32.0. The molecule has 0 aliphatic rings. The lowest BCUT2D eigenvalue weighted by Gasteiger charge is -2.23. The van der Waals surface area contributed by atoms with E-state index < -0.39 is 12.0 Å². The van der Waals surface area contributed by atoms with Crippen molar-refractivity contribution < 1.29 is 23.9 Å². The van der Waals surface area contributed by atoms with Crippen LogP contribution in [-0.4, -0.2) is 44.0 Å². The molecule has 228 valence electrons. The molecule has 0 aliphatic heterocycles. The Morgan fingerprint density at radius 1 is 0.795 bits per heavy atom. The Labute approximate surface area is 259 Å². The van der Waals surface area contributed by atoms with Gasteiger partial charge in [-0.25, -0.2) is 4.79 Å². The molecular weight excluding hydrogens is 552 g/mol. The number of ketones is 1. The predicted molar refractivity (Wildman–Crippen MR) is 174 cm³/mol. The van der Waals surface area contributed by atoms with Crippen molar-refractivity contribution in [1.29, 1.82) is 0 Å². The molecule has 1 N–H and O–H groups in total. The molecule has 1 atom stereocenters. The molecule has 0 aliphatic carbocycles. The molecule has 0 bridgehead atoms. The van der Waals surface area contributed by atoms with Crippen LogP contribution in [0.3, 0.4) is 0 Å². The molecule has 0 heterocycles. The molecule has 0 aromatic heterocycles. The summed E-state index contributed by atoms with van der Waals surface area (Å²) in [5, 5.41) is 3.24. The van der Waals surface area contributed by atoms with Crippen molar-refractivity contribution in [2.45, 2.75) is 45.1 Å². The first-order valence-electron chi connectivity index (χ1n) is 15.1. The van der Waals surface area contributed by atoms with Gasteiger partial charge in [-0.05, 0) is 54.8 Å². The number of rotatable bonds is 16. The van der Waals surface area contributed by atoms with Crippen molar-refractivity contribution in [3.8, 4) is 5.75 Å². The first-order chi connectivity index (χ1) is 21.5. The molecule has 0 fully saturated rings. The van der Waals surface area contributed by atoms with Gasteiger partial charge >= 0.3 is 5.97 Å². The maximum Gasteiger partial charge on any atom is 0.328 e. The first-order valence-corrected chi connectivity index (χ1v) is 15.1. The standard InChI is InChI=1S/C37H40N2O5/c1-3-4-20-35(40)39(30-16-9-6-10-17-30)25-13-26-44-31-23-21-28(22-24-31)27-34(37(42)43-2)38-33-19-12-11-18-32(33)36(41)29-14-7-5-8-15-29/h5-12,14-19,21-24,34,38H,3-4,13,20,25-27H2,1-2H3.